The Morgan fingerprint density at radius 1 is 1.35 bits per heavy atom. The lowest BCUT2D eigenvalue weighted by molar-refractivity contribution is 0.959. The fourth-order valence-electron chi connectivity index (χ4n) is 1.56. The van der Waals surface area contributed by atoms with Crippen LogP contribution in [0.5, 0.6) is 0 Å². The zero-order chi connectivity index (χ0) is 12.1. The molecule has 0 bridgehead atoms. The van der Waals surface area contributed by atoms with Gasteiger partial charge in [0.25, 0.3) is 0 Å². The number of rotatable bonds is 4. The van der Waals surface area contributed by atoms with Gasteiger partial charge in [0.05, 0.1) is 15.8 Å². The maximum Gasteiger partial charge on any atom is 0.143 e. The third kappa shape index (κ3) is 3.12. The van der Waals surface area contributed by atoms with Crippen LogP contribution in [0.15, 0.2) is 30.9 Å². The molecule has 0 aliphatic rings. The van der Waals surface area contributed by atoms with Gasteiger partial charge in [-0.15, -0.1) is 0 Å². The smallest absolute Gasteiger partial charge is 0.143 e. The van der Waals surface area contributed by atoms with Crippen LogP contribution >= 0.6 is 22.6 Å². The van der Waals surface area contributed by atoms with Gasteiger partial charge in [0, 0.05) is 12.4 Å². The zero-order valence-electron chi connectivity index (χ0n) is 9.52. The molecule has 4 nitrogen and oxygen atoms in total. The van der Waals surface area contributed by atoms with Crippen LogP contribution in [0.2, 0.25) is 0 Å². The van der Waals surface area contributed by atoms with Gasteiger partial charge < -0.3 is 5.32 Å². The number of halogens is 1. The minimum absolute atomic E-state index is 0.691. The molecule has 0 fully saturated rings. The van der Waals surface area contributed by atoms with Crippen molar-refractivity contribution in [3.05, 3.63) is 45.7 Å². The number of aryl methyl sites for hydroxylation is 1. The SMILES string of the molecule is CCc1cccnc1CNc1ncncc1I. The molecule has 2 aromatic heterocycles. The van der Waals surface area contributed by atoms with Crippen molar-refractivity contribution < 1.29 is 0 Å². The van der Waals surface area contributed by atoms with Gasteiger partial charge in [0.1, 0.15) is 12.1 Å². The molecule has 0 aliphatic carbocycles. The third-order valence-electron chi connectivity index (χ3n) is 2.46. The van der Waals surface area contributed by atoms with Crippen LogP contribution in [0.4, 0.5) is 5.82 Å². The first-order valence-corrected chi connectivity index (χ1v) is 6.51. The molecular formula is C12H13IN4. The summed E-state index contributed by atoms with van der Waals surface area (Å²) in [5.41, 5.74) is 2.34. The molecule has 2 rings (SSSR count). The number of aromatic nitrogens is 3. The van der Waals surface area contributed by atoms with Gasteiger partial charge >= 0.3 is 0 Å². The summed E-state index contributed by atoms with van der Waals surface area (Å²) < 4.78 is 1.01. The summed E-state index contributed by atoms with van der Waals surface area (Å²) in [4.78, 5) is 12.5. The predicted octanol–water partition coefficient (Wildman–Crippen LogP) is 2.65. The van der Waals surface area contributed by atoms with E-state index in [9.17, 15) is 0 Å². The van der Waals surface area contributed by atoms with E-state index in [4.69, 9.17) is 0 Å². The number of nitrogens with zero attached hydrogens (tertiary/aromatic N) is 3. The van der Waals surface area contributed by atoms with Crippen molar-refractivity contribution >= 4 is 28.4 Å². The van der Waals surface area contributed by atoms with E-state index in [2.05, 4.69) is 55.8 Å². The maximum atomic E-state index is 4.39. The van der Waals surface area contributed by atoms with Crippen molar-refractivity contribution in [3.63, 3.8) is 0 Å². The second kappa shape index (κ2) is 5.90. The van der Waals surface area contributed by atoms with Crippen LogP contribution in [-0.2, 0) is 13.0 Å². The van der Waals surface area contributed by atoms with E-state index in [0.717, 1.165) is 21.5 Å². The second-order valence-corrected chi connectivity index (χ2v) is 4.70. The highest BCUT2D eigenvalue weighted by molar-refractivity contribution is 14.1. The van der Waals surface area contributed by atoms with Crippen molar-refractivity contribution in [1.82, 2.24) is 15.0 Å². The summed E-state index contributed by atoms with van der Waals surface area (Å²) in [6.45, 7) is 2.83. The average Bonchev–Trinajstić information content (AvgIpc) is 2.38. The summed E-state index contributed by atoms with van der Waals surface area (Å²) in [5, 5.41) is 3.28. The number of anilines is 1. The fraction of sp³-hybridized carbons (Fsp3) is 0.250. The van der Waals surface area contributed by atoms with Gasteiger partial charge in [-0.2, -0.15) is 0 Å². The van der Waals surface area contributed by atoms with Crippen molar-refractivity contribution in [2.45, 2.75) is 19.9 Å². The Morgan fingerprint density at radius 2 is 2.24 bits per heavy atom. The van der Waals surface area contributed by atoms with Crippen molar-refractivity contribution in [1.29, 1.82) is 0 Å². The van der Waals surface area contributed by atoms with E-state index in [-0.39, 0.29) is 0 Å². The molecule has 17 heavy (non-hydrogen) atoms. The lowest BCUT2D eigenvalue weighted by Gasteiger charge is -2.09. The van der Waals surface area contributed by atoms with Crippen LogP contribution in [0, 0.1) is 3.57 Å². The number of pyridine rings is 1. The summed E-state index contributed by atoms with van der Waals surface area (Å²) in [6.07, 6.45) is 6.14. The first-order chi connectivity index (χ1) is 8.31. The van der Waals surface area contributed by atoms with E-state index in [1.165, 1.54) is 5.56 Å². The largest absolute Gasteiger partial charge is 0.363 e. The van der Waals surface area contributed by atoms with Crippen LogP contribution < -0.4 is 5.32 Å². The Morgan fingerprint density at radius 3 is 3.00 bits per heavy atom. The van der Waals surface area contributed by atoms with Crippen molar-refractivity contribution in [2.24, 2.45) is 0 Å². The third-order valence-corrected chi connectivity index (χ3v) is 3.25. The molecule has 0 saturated heterocycles. The average molecular weight is 340 g/mol. The first kappa shape index (κ1) is 12.2. The molecule has 0 aromatic carbocycles. The fourth-order valence-corrected chi connectivity index (χ4v) is 2.05. The van der Waals surface area contributed by atoms with E-state index in [1.54, 1.807) is 12.5 Å². The normalized spacial score (nSPS) is 10.2. The zero-order valence-corrected chi connectivity index (χ0v) is 11.7. The molecule has 1 N–H and O–H groups in total. The van der Waals surface area contributed by atoms with E-state index >= 15 is 0 Å². The molecule has 0 spiro atoms. The first-order valence-electron chi connectivity index (χ1n) is 5.43. The number of nitrogens with one attached hydrogen (secondary N) is 1. The highest BCUT2D eigenvalue weighted by atomic mass is 127. The predicted molar refractivity (Wildman–Crippen MR) is 75.7 cm³/mol. The lowest BCUT2D eigenvalue weighted by Crippen LogP contribution is -2.07. The highest BCUT2D eigenvalue weighted by Crippen LogP contribution is 2.14. The number of hydrogen-bond donors (Lipinski definition) is 1. The molecule has 2 aromatic rings. The van der Waals surface area contributed by atoms with Crippen LogP contribution in [0.25, 0.3) is 0 Å². The summed E-state index contributed by atoms with van der Waals surface area (Å²) in [7, 11) is 0. The molecule has 0 amide bonds. The van der Waals surface area contributed by atoms with E-state index < -0.39 is 0 Å². The molecule has 0 aliphatic heterocycles. The maximum absolute atomic E-state index is 4.39. The topological polar surface area (TPSA) is 50.7 Å². The van der Waals surface area contributed by atoms with Gasteiger partial charge in [0.2, 0.25) is 0 Å². The molecule has 0 radical (unpaired) electrons. The molecule has 0 unspecified atom stereocenters. The Bertz CT molecular complexity index is 501. The molecule has 0 saturated carbocycles. The minimum Gasteiger partial charge on any atom is -0.363 e. The van der Waals surface area contributed by atoms with Crippen LogP contribution in [-0.4, -0.2) is 15.0 Å². The lowest BCUT2D eigenvalue weighted by atomic mass is 10.1. The Kier molecular flexibility index (Phi) is 4.24. The monoisotopic (exact) mass is 340 g/mol. The molecule has 2 heterocycles. The Balaban J connectivity index is 2.10. The molecule has 0 atom stereocenters. The van der Waals surface area contributed by atoms with Crippen LogP contribution in [0.3, 0.4) is 0 Å². The van der Waals surface area contributed by atoms with Gasteiger partial charge in [-0.1, -0.05) is 13.0 Å². The van der Waals surface area contributed by atoms with Crippen molar-refractivity contribution in [3.8, 4) is 0 Å². The van der Waals surface area contributed by atoms with Crippen molar-refractivity contribution in [2.75, 3.05) is 5.32 Å². The molecule has 5 heteroatoms. The minimum atomic E-state index is 0.691. The molecular weight excluding hydrogens is 327 g/mol. The van der Waals surface area contributed by atoms with Gasteiger partial charge in [-0.25, -0.2) is 9.97 Å². The quantitative estimate of drug-likeness (QED) is 0.870. The van der Waals surface area contributed by atoms with E-state index in [1.807, 2.05) is 12.3 Å². The Hall–Kier alpha value is -1.24. The standard InChI is InChI=1S/C12H13IN4/c1-2-9-4-3-5-15-11(9)7-16-12-10(13)6-14-8-17-12/h3-6,8H,2,7H2,1H3,(H,14,16,17). The number of hydrogen-bond acceptors (Lipinski definition) is 4. The van der Waals surface area contributed by atoms with Gasteiger partial charge in [-0.05, 0) is 40.6 Å². The Labute approximate surface area is 114 Å². The highest BCUT2D eigenvalue weighted by Gasteiger charge is 2.03. The summed E-state index contributed by atoms with van der Waals surface area (Å²) in [5.74, 6) is 0.855. The molecule has 88 valence electrons. The summed E-state index contributed by atoms with van der Waals surface area (Å²) in [6, 6.07) is 4.08. The van der Waals surface area contributed by atoms with E-state index in [0.29, 0.717) is 6.54 Å². The van der Waals surface area contributed by atoms with Gasteiger partial charge in [0.15, 0.2) is 0 Å². The second-order valence-electron chi connectivity index (χ2n) is 3.54. The van der Waals surface area contributed by atoms with Gasteiger partial charge in [-0.3, -0.25) is 4.98 Å². The summed E-state index contributed by atoms with van der Waals surface area (Å²) >= 11 is 2.21. The van der Waals surface area contributed by atoms with Crippen LogP contribution in [0.1, 0.15) is 18.2 Å².